The van der Waals surface area contributed by atoms with E-state index in [2.05, 4.69) is 12.0 Å². The maximum atomic E-state index is 12.4. The van der Waals surface area contributed by atoms with Crippen molar-refractivity contribution in [1.29, 1.82) is 0 Å². The number of hydrogen-bond acceptors (Lipinski definition) is 3. The first-order chi connectivity index (χ1) is 10.1. The molecule has 1 atom stereocenters. The molecule has 3 rings (SSSR count). The molecule has 2 heterocycles. The molecular formula is C15H21N3O3. The minimum absolute atomic E-state index is 0.0136. The van der Waals surface area contributed by atoms with Crippen LogP contribution in [0.1, 0.15) is 43.0 Å². The Kier molecular flexibility index (Phi) is 3.47. The summed E-state index contributed by atoms with van der Waals surface area (Å²) < 4.78 is 1.79. The van der Waals surface area contributed by atoms with Crippen LogP contribution in [-0.4, -0.2) is 44.8 Å². The number of aliphatic carboxylic acids is 1. The van der Waals surface area contributed by atoms with E-state index in [9.17, 15) is 9.59 Å². The lowest BCUT2D eigenvalue weighted by Gasteiger charge is -2.32. The van der Waals surface area contributed by atoms with Crippen LogP contribution in [0.5, 0.6) is 0 Å². The summed E-state index contributed by atoms with van der Waals surface area (Å²) in [6.45, 7) is 4.20. The minimum Gasteiger partial charge on any atom is -0.481 e. The quantitative estimate of drug-likeness (QED) is 0.914. The van der Waals surface area contributed by atoms with Gasteiger partial charge in [-0.05, 0) is 31.1 Å². The fraction of sp³-hybridized carbons (Fsp3) is 0.667. The van der Waals surface area contributed by atoms with Crippen LogP contribution in [0.15, 0.2) is 12.4 Å². The molecule has 6 nitrogen and oxygen atoms in total. The molecule has 1 N–H and O–H groups in total. The molecule has 1 spiro atoms. The molecule has 114 valence electrons. The summed E-state index contributed by atoms with van der Waals surface area (Å²) in [6.07, 6.45) is 6.79. The highest BCUT2D eigenvalue weighted by Gasteiger charge is 2.59. The number of carbonyl (C=O) groups is 2. The molecule has 1 aliphatic heterocycles. The number of carboxylic acid groups (broad SMARTS) is 1. The van der Waals surface area contributed by atoms with Crippen molar-refractivity contribution in [2.24, 2.45) is 11.3 Å². The number of rotatable bonds is 4. The number of likely N-dealkylation sites (tertiary alicyclic amines) is 1. The van der Waals surface area contributed by atoms with Gasteiger partial charge in [-0.1, -0.05) is 6.92 Å². The van der Waals surface area contributed by atoms with Gasteiger partial charge in [0.1, 0.15) is 0 Å². The van der Waals surface area contributed by atoms with Crippen LogP contribution in [0.25, 0.3) is 0 Å². The molecular weight excluding hydrogens is 270 g/mol. The highest BCUT2D eigenvalue weighted by molar-refractivity contribution is 5.93. The van der Waals surface area contributed by atoms with E-state index in [1.165, 1.54) is 0 Å². The van der Waals surface area contributed by atoms with E-state index in [0.717, 1.165) is 32.2 Å². The maximum absolute atomic E-state index is 12.4. The molecule has 1 saturated heterocycles. The Morgan fingerprint density at radius 3 is 2.71 bits per heavy atom. The predicted molar refractivity (Wildman–Crippen MR) is 75.8 cm³/mol. The lowest BCUT2D eigenvalue weighted by atomic mass is 9.90. The highest BCUT2D eigenvalue weighted by Crippen LogP contribution is 2.59. The van der Waals surface area contributed by atoms with Gasteiger partial charge in [-0.2, -0.15) is 5.10 Å². The van der Waals surface area contributed by atoms with Crippen molar-refractivity contribution >= 4 is 11.9 Å². The summed E-state index contributed by atoms with van der Waals surface area (Å²) in [5, 5.41) is 13.3. The molecule has 0 bridgehead atoms. The van der Waals surface area contributed by atoms with Gasteiger partial charge in [-0.15, -0.1) is 0 Å². The highest BCUT2D eigenvalue weighted by atomic mass is 16.4. The zero-order valence-electron chi connectivity index (χ0n) is 12.3. The van der Waals surface area contributed by atoms with E-state index in [0.29, 0.717) is 18.7 Å². The van der Waals surface area contributed by atoms with Crippen LogP contribution in [0.3, 0.4) is 0 Å². The summed E-state index contributed by atoms with van der Waals surface area (Å²) in [5.74, 6) is -0.864. The molecule has 0 aromatic carbocycles. The summed E-state index contributed by atoms with van der Waals surface area (Å²) in [6, 6.07) is 0. The number of aromatic nitrogens is 2. The molecule has 1 saturated carbocycles. The van der Waals surface area contributed by atoms with Gasteiger partial charge in [0.25, 0.3) is 5.91 Å². The van der Waals surface area contributed by atoms with Crippen molar-refractivity contribution in [2.45, 2.75) is 39.2 Å². The molecule has 1 aromatic heterocycles. The molecule has 2 aliphatic rings. The van der Waals surface area contributed by atoms with E-state index >= 15 is 0 Å². The SMILES string of the molecule is CCCn1cc(C(=O)N2CCC3(CC2)CC3C(=O)O)cn1. The van der Waals surface area contributed by atoms with Crippen LogP contribution in [0.4, 0.5) is 0 Å². The smallest absolute Gasteiger partial charge is 0.307 e. The number of hydrogen-bond donors (Lipinski definition) is 1. The lowest BCUT2D eigenvalue weighted by Crippen LogP contribution is -2.39. The third-order valence-electron chi connectivity index (χ3n) is 4.87. The zero-order valence-corrected chi connectivity index (χ0v) is 12.3. The van der Waals surface area contributed by atoms with Gasteiger partial charge in [0.2, 0.25) is 0 Å². The van der Waals surface area contributed by atoms with E-state index in [1.807, 2.05) is 4.90 Å². The van der Waals surface area contributed by atoms with E-state index < -0.39 is 5.97 Å². The van der Waals surface area contributed by atoms with E-state index in [1.54, 1.807) is 17.1 Å². The second-order valence-corrected chi connectivity index (χ2v) is 6.24. The number of amides is 1. The van der Waals surface area contributed by atoms with Crippen molar-refractivity contribution in [3.63, 3.8) is 0 Å². The summed E-state index contributed by atoms with van der Waals surface area (Å²) >= 11 is 0. The van der Waals surface area contributed by atoms with Gasteiger partial charge >= 0.3 is 5.97 Å². The average Bonchev–Trinajstić information content (AvgIpc) is 2.97. The fourth-order valence-corrected chi connectivity index (χ4v) is 3.41. The van der Waals surface area contributed by atoms with Crippen molar-refractivity contribution in [3.05, 3.63) is 18.0 Å². The lowest BCUT2D eigenvalue weighted by molar-refractivity contribution is -0.139. The normalized spacial score (nSPS) is 23.3. The molecule has 6 heteroatoms. The monoisotopic (exact) mass is 291 g/mol. The van der Waals surface area contributed by atoms with Crippen LogP contribution in [0, 0.1) is 11.3 Å². The Balaban J connectivity index is 1.59. The zero-order chi connectivity index (χ0) is 15.0. The number of nitrogens with zero attached hydrogens (tertiary/aromatic N) is 3. The minimum atomic E-state index is -0.685. The molecule has 1 aromatic rings. The second kappa shape index (κ2) is 5.16. The third kappa shape index (κ3) is 2.54. The number of carboxylic acids is 1. The van der Waals surface area contributed by atoms with Gasteiger partial charge in [-0.25, -0.2) is 0 Å². The van der Waals surface area contributed by atoms with Gasteiger partial charge in [0.15, 0.2) is 0 Å². The van der Waals surface area contributed by atoms with Gasteiger partial charge in [0, 0.05) is 25.8 Å². The van der Waals surface area contributed by atoms with Crippen LogP contribution < -0.4 is 0 Å². The topological polar surface area (TPSA) is 75.4 Å². The van der Waals surface area contributed by atoms with Crippen LogP contribution >= 0.6 is 0 Å². The molecule has 1 aliphatic carbocycles. The predicted octanol–water partition coefficient (Wildman–Crippen LogP) is 1.62. The Morgan fingerprint density at radius 1 is 1.43 bits per heavy atom. The summed E-state index contributed by atoms with van der Waals surface area (Å²) in [5.41, 5.74) is 0.597. The Morgan fingerprint density at radius 2 is 2.14 bits per heavy atom. The van der Waals surface area contributed by atoms with Crippen LogP contribution in [0.2, 0.25) is 0 Å². The summed E-state index contributed by atoms with van der Waals surface area (Å²) in [4.78, 5) is 25.3. The average molecular weight is 291 g/mol. The van der Waals surface area contributed by atoms with E-state index in [-0.39, 0.29) is 17.2 Å². The third-order valence-corrected chi connectivity index (χ3v) is 4.87. The number of carbonyl (C=O) groups excluding carboxylic acids is 1. The first-order valence-corrected chi connectivity index (χ1v) is 7.60. The van der Waals surface area contributed by atoms with Crippen molar-refractivity contribution in [1.82, 2.24) is 14.7 Å². The molecule has 1 unspecified atom stereocenters. The Bertz CT molecular complexity index is 558. The Labute approximate surface area is 123 Å². The van der Waals surface area contributed by atoms with Gasteiger partial charge in [0.05, 0.1) is 17.7 Å². The first-order valence-electron chi connectivity index (χ1n) is 7.60. The molecule has 0 radical (unpaired) electrons. The van der Waals surface area contributed by atoms with Crippen molar-refractivity contribution in [2.75, 3.05) is 13.1 Å². The van der Waals surface area contributed by atoms with E-state index in [4.69, 9.17) is 5.11 Å². The number of piperidine rings is 1. The molecule has 21 heavy (non-hydrogen) atoms. The molecule has 1 amide bonds. The molecule has 2 fully saturated rings. The van der Waals surface area contributed by atoms with Crippen LogP contribution in [-0.2, 0) is 11.3 Å². The fourth-order valence-electron chi connectivity index (χ4n) is 3.41. The maximum Gasteiger partial charge on any atom is 0.307 e. The van der Waals surface area contributed by atoms with Gasteiger partial charge in [-0.3, -0.25) is 14.3 Å². The summed E-state index contributed by atoms with van der Waals surface area (Å²) in [7, 11) is 0. The second-order valence-electron chi connectivity index (χ2n) is 6.24. The first kappa shape index (κ1) is 14.1. The van der Waals surface area contributed by atoms with Crippen molar-refractivity contribution in [3.8, 4) is 0 Å². The largest absolute Gasteiger partial charge is 0.481 e. The van der Waals surface area contributed by atoms with Gasteiger partial charge < -0.3 is 10.0 Å². The number of aryl methyl sites for hydroxylation is 1. The standard InChI is InChI=1S/C15H21N3O3/c1-2-5-18-10-11(9-16-18)13(19)17-6-3-15(4-7-17)8-12(15)14(20)21/h9-10,12H,2-8H2,1H3,(H,20,21). The Hall–Kier alpha value is -1.85. The van der Waals surface area contributed by atoms with Crippen molar-refractivity contribution < 1.29 is 14.7 Å².